The Bertz CT molecular complexity index is 1660. The van der Waals surface area contributed by atoms with Gasteiger partial charge in [0.15, 0.2) is 5.78 Å². The van der Waals surface area contributed by atoms with Crippen molar-refractivity contribution >= 4 is 11.7 Å². The van der Waals surface area contributed by atoms with Gasteiger partial charge < -0.3 is 20.8 Å². The van der Waals surface area contributed by atoms with Crippen LogP contribution < -0.4 is 5.73 Å². The third-order valence-electron chi connectivity index (χ3n) is 14.7. The van der Waals surface area contributed by atoms with E-state index in [9.17, 15) is 15.0 Å². The van der Waals surface area contributed by atoms with E-state index >= 15 is 4.79 Å². The van der Waals surface area contributed by atoms with E-state index < -0.39 is 11.0 Å². The predicted octanol–water partition coefficient (Wildman–Crippen LogP) is 6.32. The summed E-state index contributed by atoms with van der Waals surface area (Å²) in [6.45, 7) is 6.88. The van der Waals surface area contributed by atoms with Crippen LogP contribution in [0, 0.1) is 39.4 Å². The lowest BCUT2D eigenvalue weighted by Gasteiger charge is -2.71. The fraction of sp³-hybridized carbons (Fsp3) is 0.561. The number of allylic oxidation sites excluding steroid dienone is 4. The number of ketones is 1. The zero-order chi connectivity index (χ0) is 32.8. The minimum atomic E-state index is -0.892. The van der Waals surface area contributed by atoms with Crippen LogP contribution in [0.1, 0.15) is 82.0 Å². The number of aliphatic hydroxyl groups excluding tert-OH is 1. The number of Topliss-reactive ketones (excluding diaryl/α,β-unsaturated/α-hetero) is 1. The number of piperidine rings is 1. The molecule has 4 fully saturated rings. The molecule has 248 valence electrons. The molecule has 6 aliphatic carbocycles. The lowest BCUT2D eigenvalue weighted by atomic mass is 9.32. The molecule has 9 rings (SSSR count). The number of nitrogens with zero attached hydrogens (tertiary/aromatic N) is 1. The van der Waals surface area contributed by atoms with Gasteiger partial charge in [-0.1, -0.05) is 86.7 Å². The molecule has 6 nitrogen and oxygen atoms in total. The Morgan fingerprint density at radius 3 is 2.26 bits per heavy atom. The number of rotatable bonds is 6. The van der Waals surface area contributed by atoms with Crippen LogP contribution in [0.2, 0.25) is 0 Å². The number of hydrogen-bond acceptors (Lipinski definition) is 5. The van der Waals surface area contributed by atoms with Crippen molar-refractivity contribution in [1.82, 2.24) is 4.90 Å². The van der Waals surface area contributed by atoms with Gasteiger partial charge in [0.1, 0.15) is 0 Å². The number of carbonyl (C=O) groups is 2. The number of primary amides is 1. The fourth-order valence-electron chi connectivity index (χ4n) is 12.0. The first-order valence-electron chi connectivity index (χ1n) is 18.0. The third kappa shape index (κ3) is 4.26. The van der Waals surface area contributed by atoms with Crippen molar-refractivity contribution in [2.75, 3.05) is 19.6 Å². The van der Waals surface area contributed by atoms with Crippen LogP contribution in [0.5, 0.6) is 0 Å². The summed E-state index contributed by atoms with van der Waals surface area (Å²) in [7, 11) is 0. The second-order valence-electron chi connectivity index (χ2n) is 16.5. The van der Waals surface area contributed by atoms with Crippen molar-refractivity contribution < 1.29 is 19.8 Å². The first-order chi connectivity index (χ1) is 22.5. The molecular weight excluding hydrogens is 584 g/mol. The van der Waals surface area contributed by atoms with E-state index in [0.29, 0.717) is 19.4 Å². The molecule has 3 saturated carbocycles. The van der Waals surface area contributed by atoms with Gasteiger partial charge in [-0.15, -0.1) is 0 Å². The van der Waals surface area contributed by atoms with Crippen LogP contribution in [0.3, 0.4) is 0 Å². The SMILES string of the molecule is CC12CCC(O)CC13C=CC1(C(C(=O)c4ccccc4-c4ccccc4)=C3)C2CCC2(C)C1CCC2(O)CN1CCC(C(N)=O)CC1. The maximum Gasteiger partial charge on any atom is 0.220 e. The summed E-state index contributed by atoms with van der Waals surface area (Å²) in [5.74, 6) is 0.164. The first kappa shape index (κ1) is 31.2. The fourth-order valence-corrected chi connectivity index (χ4v) is 12.0. The molecule has 2 bridgehead atoms. The zero-order valence-electron chi connectivity index (χ0n) is 28.0. The van der Waals surface area contributed by atoms with Crippen molar-refractivity contribution in [2.24, 2.45) is 45.1 Å². The molecule has 7 aliphatic rings. The minimum Gasteiger partial charge on any atom is -0.393 e. The molecule has 47 heavy (non-hydrogen) atoms. The molecule has 1 heterocycles. The highest BCUT2D eigenvalue weighted by Gasteiger charge is 2.74. The Kier molecular flexibility index (Phi) is 7.12. The molecule has 1 aliphatic heterocycles. The van der Waals surface area contributed by atoms with Crippen LogP contribution in [-0.4, -0.2) is 58.1 Å². The van der Waals surface area contributed by atoms with Gasteiger partial charge in [-0.3, -0.25) is 9.59 Å². The Balaban J connectivity index is 1.22. The molecule has 2 aromatic rings. The average Bonchev–Trinajstić information content (AvgIpc) is 3.34. The lowest BCUT2D eigenvalue weighted by molar-refractivity contribution is -0.177. The van der Waals surface area contributed by atoms with E-state index in [-0.39, 0.29) is 51.8 Å². The van der Waals surface area contributed by atoms with Gasteiger partial charge >= 0.3 is 0 Å². The summed E-state index contributed by atoms with van der Waals surface area (Å²) in [5, 5.41) is 23.8. The molecule has 2 aromatic carbocycles. The monoisotopic (exact) mass is 634 g/mol. The van der Waals surface area contributed by atoms with Crippen molar-refractivity contribution in [3.8, 4) is 11.1 Å². The molecule has 0 aromatic heterocycles. The standard InChI is InChI=1S/C41H50N2O4/c1-37-17-12-29(44)24-39(37)20-21-41(32(25-39)35(45)31-11-7-6-10-30(31)27-8-4-3-5-9-27)33(37)13-18-38(2)34(41)14-19-40(38,47)26-43-22-15-28(16-23-43)36(42)46/h3-11,20-21,25,28-29,33-34,44,47H,12-19,22-24,26H2,1-2H3,(H2,42,46). The van der Waals surface area contributed by atoms with Crippen LogP contribution in [-0.2, 0) is 4.79 Å². The van der Waals surface area contributed by atoms with Gasteiger partial charge in [0.2, 0.25) is 5.91 Å². The first-order valence-corrected chi connectivity index (χ1v) is 18.0. The third-order valence-corrected chi connectivity index (χ3v) is 14.7. The van der Waals surface area contributed by atoms with Crippen LogP contribution >= 0.6 is 0 Å². The smallest absolute Gasteiger partial charge is 0.220 e. The van der Waals surface area contributed by atoms with E-state index in [2.05, 4.69) is 55.2 Å². The molecule has 4 N–H and O–H groups in total. The predicted molar refractivity (Wildman–Crippen MR) is 183 cm³/mol. The largest absolute Gasteiger partial charge is 0.393 e. The van der Waals surface area contributed by atoms with Gasteiger partial charge in [-0.2, -0.15) is 0 Å². The van der Waals surface area contributed by atoms with Crippen molar-refractivity contribution in [3.05, 3.63) is 84.0 Å². The molecule has 8 atom stereocenters. The minimum absolute atomic E-state index is 0.0671. The number of nitrogens with two attached hydrogens (primary N) is 1. The number of β-amino-alcohol motifs (C(OH)–C–C–N with tert-alkyl or cyclic N) is 1. The number of fused-ring (bicyclic) bond motifs is 1. The van der Waals surface area contributed by atoms with E-state index in [4.69, 9.17) is 5.73 Å². The highest BCUT2D eigenvalue weighted by Crippen LogP contribution is 2.78. The number of hydrogen-bond donors (Lipinski definition) is 3. The van der Waals surface area contributed by atoms with Crippen molar-refractivity contribution in [2.45, 2.75) is 83.3 Å². The topological polar surface area (TPSA) is 104 Å². The maximum absolute atomic E-state index is 15.3. The summed E-state index contributed by atoms with van der Waals surface area (Å²) in [6.07, 6.45) is 14.0. The maximum atomic E-state index is 15.3. The van der Waals surface area contributed by atoms with Gasteiger partial charge in [0.05, 0.1) is 11.7 Å². The second-order valence-corrected chi connectivity index (χ2v) is 16.5. The number of carbonyl (C=O) groups excluding carboxylic acids is 2. The summed E-state index contributed by atoms with van der Waals surface area (Å²) in [5.41, 5.74) is 7.03. The summed E-state index contributed by atoms with van der Waals surface area (Å²) < 4.78 is 0. The summed E-state index contributed by atoms with van der Waals surface area (Å²) in [4.78, 5) is 29.5. The highest BCUT2D eigenvalue weighted by atomic mass is 16.3. The number of likely N-dealkylation sites (tertiary alicyclic amines) is 1. The van der Waals surface area contributed by atoms with Gasteiger partial charge in [-0.05, 0) is 99.3 Å². The van der Waals surface area contributed by atoms with E-state index in [1.165, 1.54) is 0 Å². The van der Waals surface area contributed by atoms with Gasteiger partial charge in [0, 0.05) is 39.8 Å². The summed E-state index contributed by atoms with van der Waals surface area (Å²) in [6, 6.07) is 18.2. The number of amides is 1. The Morgan fingerprint density at radius 2 is 1.51 bits per heavy atom. The highest BCUT2D eigenvalue weighted by molar-refractivity contribution is 6.14. The molecular formula is C41H50N2O4. The molecule has 6 heteroatoms. The van der Waals surface area contributed by atoms with Gasteiger partial charge in [0.25, 0.3) is 0 Å². The molecule has 1 saturated heterocycles. The van der Waals surface area contributed by atoms with Crippen LogP contribution in [0.4, 0.5) is 0 Å². The average molecular weight is 635 g/mol. The Hall–Kier alpha value is -3.06. The molecule has 2 spiro atoms. The van der Waals surface area contributed by atoms with Crippen molar-refractivity contribution in [3.63, 3.8) is 0 Å². The number of benzene rings is 2. The zero-order valence-corrected chi connectivity index (χ0v) is 28.0. The van der Waals surface area contributed by atoms with Crippen LogP contribution in [0.25, 0.3) is 11.1 Å². The quantitative estimate of drug-likeness (QED) is 0.255. The molecule has 0 radical (unpaired) electrons. The Labute approximate surface area is 279 Å². The van der Waals surface area contributed by atoms with E-state index in [1.54, 1.807) is 0 Å². The van der Waals surface area contributed by atoms with Crippen molar-refractivity contribution in [1.29, 1.82) is 0 Å². The second kappa shape index (κ2) is 10.7. The summed E-state index contributed by atoms with van der Waals surface area (Å²) >= 11 is 0. The normalized spacial score (nSPS) is 41.1. The van der Waals surface area contributed by atoms with Crippen LogP contribution in [0.15, 0.2) is 78.4 Å². The number of aliphatic hydroxyl groups is 2. The molecule has 8 unspecified atom stereocenters. The molecule has 1 amide bonds. The van der Waals surface area contributed by atoms with E-state index in [0.717, 1.165) is 80.3 Å². The lowest BCUT2D eigenvalue weighted by Crippen LogP contribution is -2.67. The van der Waals surface area contributed by atoms with E-state index in [1.807, 2.05) is 36.4 Å². The Morgan fingerprint density at radius 1 is 0.851 bits per heavy atom. The van der Waals surface area contributed by atoms with Gasteiger partial charge in [-0.25, -0.2) is 0 Å².